The van der Waals surface area contributed by atoms with Crippen LogP contribution in [0, 0.1) is 0 Å². The molecule has 3 atom stereocenters. The first kappa shape index (κ1) is 27.2. The summed E-state index contributed by atoms with van der Waals surface area (Å²) in [6.07, 6.45) is 1.68. The molecule has 196 valence electrons. The van der Waals surface area contributed by atoms with E-state index in [4.69, 9.17) is 5.73 Å². The highest BCUT2D eigenvalue weighted by atomic mass is 16.4. The summed E-state index contributed by atoms with van der Waals surface area (Å²) in [5, 5.41) is 36.7. The molecule has 0 spiro atoms. The van der Waals surface area contributed by atoms with Crippen LogP contribution in [0.4, 0.5) is 0 Å². The summed E-state index contributed by atoms with van der Waals surface area (Å²) in [4.78, 5) is 52.6. The van der Waals surface area contributed by atoms with E-state index in [2.05, 4.69) is 20.9 Å². The molecule has 12 nitrogen and oxygen atoms in total. The fourth-order valence-corrected chi connectivity index (χ4v) is 3.79. The largest absolute Gasteiger partial charge is 0.508 e. The smallest absolute Gasteiger partial charge is 0.326 e. The number of H-pyrrole nitrogens is 1. The Morgan fingerprint density at radius 1 is 0.865 bits per heavy atom. The Morgan fingerprint density at radius 2 is 1.51 bits per heavy atom. The van der Waals surface area contributed by atoms with Gasteiger partial charge in [0.05, 0.1) is 13.2 Å². The number of aromatic nitrogens is 1. The van der Waals surface area contributed by atoms with Gasteiger partial charge in [0.25, 0.3) is 0 Å². The first-order chi connectivity index (χ1) is 17.7. The predicted octanol–water partition coefficient (Wildman–Crippen LogP) is -0.851. The fourth-order valence-electron chi connectivity index (χ4n) is 3.79. The van der Waals surface area contributed by atoms with E-state index in [0.717, 1.165) is 16.5 Å². The number of carbonyl (C=O) groups is 4. The van der Waals surface area contributed by atoms with E-state index in [0.29, 0.717) is 5.56 Å². The molecule has 0 saturated heterocycles. The number of nitrogens with one attached hydrogen (secondary N) is 4. The molecule has 37 heavy (non-hydrogen) atoms. The molecule has 0 aliphatic carbocycles. The molecule has 0 aliphatic heterocycles. The van der Waals surface area contributed by atoms with Crippen molar-refractivity contribution in [3.8, 4) is 5.75 Å². The summed E-state index contributed by atoms with van der Waals surface area (Å²) < 4.78 is 0. The molecule has 0 fully saturated rings. The minimum absolute atomic E-state index is 0.00614. The lowest BCUT2D eigenvalue weighted by Crippen LogP contribution is -2.58. The second-order valence-corrected chi connectivity index (χ2v) is 8.40. The summed E-state index contributed by atoms with van der Waals surface area (Å²) in [6.45, 7) is -1.17. The fraction of sp³-hybridized carbons (Fsp3) is 0.280. The van der Waals surface area contributed by atoms with Crippen molar-refractivity contribution in [2.45, 2.75) is 31.0 Å². The van der Waals surface area contributed by atoms with Crippen LogP contribution in [-0.2, 0) is 32.0 Å². The Bertz CT molecular complexity index is 1260. The number of aliphatic hydroxyl groups excluding tert-OH is 1. The number of aliphatic carboxylic acids is 1. The van der Waals surface area contributed by atoms with Crippen LogP contribution >= 0.6 is 0 Å². The highest BCUT2D eigenvalue weighted by Gasteiger charge is 2.29. The van der Waals surface area contributed by atoms with Gasteiger partial charge in [-0.3, -0.25) is 14.4 Å². The van der Waals surface area contributed by atoms with Gasteiger partial charge < -0.3 is 42.0 Å². The van der Waals surface area contributed by atoms with Gasteiger partial charge in [-0.25, -0.2) is 4.79 Å². The van der Waals surface area contributed by atoms with Crippen molar-refractivity contribution in [2.24, 2.45) is 5.73 Å². The number of aromatic hydroxyl groups is 1. The summed E-state index contributed by atoms with van der Waals surface area (Å²) in [5.41, 5.74) is 7.50. The summed E-state index contributed by atoms with van der Waals surface area (Å²) in [6, 6.07) is 9.22. The van der Waals surface area contributed by atoms with E-state index < -0.39 is 48.4 Å². The second kappa shape index (κ2) is 12.5. The molecule has 0 aliphatic rings. The van der Waals surface area contributed by atoms with Crippen LogP contribution in [0.5, 0.6) is 5.75 Å². The van der Waals surface area contributed by atoms with Crippen LogP contribution in [0.2, 0.25) is 0 Å². The zero-order valence-corrected chi connectivity index (χ0v) is 19.8. The lowest BCUT2D eigenvalue weighted by atomic mass is 10.0. The standard InChI is InChI=1S/C25H29N5O7/c26-11-22(33)28-19(10-15-12-27-18-4-2-1-3-17(15)18)23(34)30-21(13-31)24(35)29-20(25(36)37)9-14-5-7-16(32)8-6-14/h1-8,12,19-21,27,31-32H,9-11,13,26H2,(H,28,33)(H,29,35)(H,30,34)(H,36,37). The molecule has 1 aromatic heterocycles. The van der Waals surface area contributed by atoms with Gasteiger partial charge in [0, 0.05) is 29.9 Å². The van der Waals surface area contributed by atoms with E-state index in [1.54, 1.807) is 6.20 Å². The maximum atomic E-state index is 13.1. The molecular formula is C25H29N5O7. The number of aromatic amines is 1. The molecule has 3 amide bonds. The topological polar surface area (TPSA) is 207 Å². The zero-order valence-electron chi connectivity index (χ0n) is 19.8. The molecular weight excluding hydrogens is 482 g/mol. The Labute approximate surface area is 211 Å². The van der Waals surface area contributed by atoms with Crippen LogP contribution in [0.1, 0.15) is 11.1 Å². The Morgan fingerprint density at radius 3 is 2.16 bits per heavy atom. The number of carboxylic acids is 1. The third-order valence-electron chi connectivity index (χ3n) is 5.74. The maximum absolute atomic E-state index is 13.1. The number of rotatable bonds is 12. The number of hydrogen-bond donors (Lipinski definition) is 8. The Kier molecular flexibility index (Phi) is 9.19. The third-order valence-corrected chi connectivity index (χ3v) is 5.74. The van der Waals surface area contributed by atoms with Crippen molar-refractivity contribution in [2.75, 3.05) is 13.2 Å². The molecule has 3 unspecified atom stereocenters. The van der Waals surface area contributed by atoms with Crippen molar-refractivity contribution in [3.63, 3.8) is 0 Å². The molecule has 0 saturated carbocycles. The van der Waals surface area contributed by atoms with Crippen molar-refractivity contribution in [1.82, 2.24) is 20.9 Å². The number of aliphatic hydroxyl groups is 1. The number of hydrogen-bond acceptors (Lipinski definition) is 7. The number of carboxylic acid groups (broad SMARTS) is 1. The average Bonchev–Trinajstić information content (AvgIpc) is 3.30. The quantitative estimate of drug-likeness (QED) is 0.153. The highest BCUT2D eigenvalue weighted by molar-refractivity contribution is 5.94. The van der Waals surface area contributed by atoms with Gasteiger partial charge >= 0.3 is 5.97 Å². The first-order valence-corrected chi connectivity index (χ1v) is 11.5. The summed E-state index contributed by atoms with van der Waals surface area (Å²) in [5.74, 6) is -3.59. The lowest BCUT2D eigenvalue weighted by molar-refractivity contribution is -0.142. The van der Waals surface area contributed by atoms with Crippen molar-refractivity contribution >= 4 is 34.6 Å². The number of nitrogens with two attached hydrogens (primary N) is 1. The lowest BCUT2D eigenvalue weighted by Gasteiger charge is -2.23. The van der Waals surface area contributed by atoms with E-state index in [1.807, 2.05) is 24.3 Å². The van der Waals surface area contributed by atoms with Crippen molar-refractivity contribution in [1.29, 1.82) is 0 Å². The monoisotopic (exact) mass is 511 g/mol. The van der Waals surface area contributed by atoms with Crippen LogP contribution in [-0.4, -0.2) is 75.3 Å². The number of fused-ring (bicyclic) bond motifs is 1. The zero-order chi connectivity index (χ0) is 26.9. The van der Waals surface area contributed by atoms with Gasteiger partial charge in [-0.1, -0.05) is 30.3 Å². The van der Waals surface area contributed by atoms with E-state index in [1.165, 1.54) is 24.3 Å². The van der Waals surface area contributed by atoms with Crippen LogP contribution in [0.15, 0.2) is 54.7 Å². The summed E-state index contributed by atoms with van der Waals surface area (Å²) >= 11 is 0. The Hall–Kier alpha value is -4.42. The molecule has 0 radical (unpaired) electrons. The number of para-hydroxylation sites is 1. The Balaban J connectivity index is 1.71. The van der Waals surface area contributed by atoms with Gasteiger partial charge in [0.2, 0.25) is 17.7 Å². The maximum Gasteiger partial charge on any atom is 0.326 e. The summed E-state index contributed by atoms with van der Waals surface area (Å²) in [7, 11) is 0. The number of phenolic OH excluding ortho intramolecular Hbond substituents is 1. The van der Waals surface area contributed by atoms with Gasteiger partial charge in [0.1, 0.15) is 23.9 Å². The molecule has 3 aromatic rings. The van der Waals surface area contributed by atoms with Crippen molar-refractivity contribution < 1.29 is 34.5 Å². The van der Waals surface area contributed by atoms with Gasteiger partial charge in [-0.05, 0) is 29.3 Å². The number of benzene rings is 2. The van der Waals surface area contributed by atoms with E-state index in [-0.39, 0.29) is 25.1 Å². The molecule has 3 rings (SSSR count). The van der Waals surface area contributed by atoms with Crippen molar-refractivity contribution in [3.05, 3.63) is 65.9 Å². The van der Waals surface area contributed by atoms with E-state index >= 15 is 0 Å². The predicted molar refractivity (Wildman–Crippen MR) is 133 cm³/mol. The number of phenols is 1. The molecule has 2 aromatic carbocycles. The van der Waals surface area contributed by atoms with Gasteiger partial charge in [-0.15, -0.1) is 0 Å². The first-order valence-electron chi connectivity index (χ1n) is 11.5. The normalized spacial score (nSPS) is 13.4. The van der Waals surface area contributed by atoms with Crippen LogP contribution < -0.4 is 21.7 Å². The average molecular weight is 512 g/mol. The van der Waals surface area contributed by atoms with Crippen LogP contribution in [0.25, 0.3) is 10.9 Å². The number of amides is 3. The van der Waals surface area contributed by atoms with Gasteiger partial charge in [-0.2, -0.15) is 0 Å². The molecule has 0 bridgehead atoms. The van der Waals surface area contributed by atoms with Gasteiger partial charge in [0.15, 0.2) is 0 Å². The number of carbonyl (C=O) groups excluding carboxylic acids is 3. The second-order valence-electron chi connectivity index (χ2n) is 8.40. The molecule has 12 heteroatoms. The SMILES string of the molecule is NCC(=O)NC(Cc1c[nH]c2ccccc12)C(=O)NC(CO)C(=O)NC(Cc1ccc(O)cc1)C(=O)O. The van der Waals surface area contributed by atoms with Crippen LogP contribution in [0.3, 0.4) is 0 Å². The minimum Gasteiger partial charge on any atom is -0.508 e. The highest BCUT2D eigenvalue weighted by Crippen LogP contribution is 2.19. The minimum atomic E-state index is -1.48. The third kappa shape index (κ3) is 7.29. The molecule has 1 heterocycles. The molecule has 9 N–H and O–H groups in total. The van der Waals surface area contributed by atoms with E-state index in [9.17, 15) is 34.5 Å².